The van der Waals surface area contributed by atoms with Gasteiger partial charge in [0.2, 0.25) is 0 Å². The van der Waals surface area contributed by atoms with E-state index < -0.39 is 0 Å². The number of nitrogens with one attached hydrogen (secondary N) is 1. The molecule has 0 saturated heterocycles. The Hall–Kier alpha value is -1.23. The van der Waals surface area contributed by atoms with Gasteiger partial charge in [0.05, 0.1) is 11.5 Å². The molecule has 2 nitrogen and oxygen atoms in total. The van der Waals surface area contributed by atoms with Gasteiger partial charge in [-0.05, 0) is 30.7 Å². The minimum atomic E-state index is -0.0856. The maximum Gasteiger partial charge on any atom is 0.0804 e. The molecular weight excluding hydrogens is 136 g/mol. The largest absolute Gasteiger partial charge is 0.387 e. The quantitative estimate of drug-likeness (QED) is 0.605. The van der Waals surface area contributed by atoms with E-state index in [-0.39, 0.29) is 5.41 Å². The highest BCUT2D eigenvalue weighted by molar-refractivity contribution is 5.36. The number of dihydropyridines is 1. The summed E-state index contributed by atoms with van der Waals surface area (Å²) in [5.74, 6) is 0. The van der Waals surface area contributed by atoms with Gasteiger partial charge in [-0.2, -0.15) is 5.26 Å². The fourth-order valence-electron chi connectivity index (χ4n) is 1.42. The predicted octanol–water partition coefficient (Wildman–Crippen LogP) is 1.33. The molecule has 1 fully saturated rings. The topological polar surface area (TPSA) is 35.8 Å². The molecule has 11 heavy (non-hydrogen) atoms. The SMILES string of the molecule is N#CC1(C2=CC=CNC2)CC1. The highest BCUT2D eigenvalue weighted by Gasteiger charge is 2.46. The second-order valence-electron chi connectivity index (χ2n) is 3.13. The molecular formula is C9H10N2. The number of nitrogens with zero attached hydrogens (tertiary/aromatic N) is 1. The Morgan fingerprint density at radius 2 is 2.36 bits per heavy atom. The highest BCUT2D eigenvalue weighted by atomic mass is 14.8. The summed E-state index contributed by atoms with van der Waals surface area (Å²) in [6, 6.07) is 2.38. The molecule has 1 aliphatic heterocycles. The molecule has 0 aromatic carbocycles. The van der Waals surface area contributed by atoms with Crippen LogP contribution in [0.1, 0.15) is 12.8 Å². The normalized spacial score (nSPS) is 24.8. The van der Waals surface area contributed by atoms with Crippen LogP contribution >= 0.6 is 0 Å². The first kappa shape index (κ1) is 6.48. The molecule has 56 valence electrons. The molecule has 0 unspecified atom stereocenters. The monoisotopic (exact) mass is 146 g/mol. The second kappa shape index (κ2) is 2.13. The van der Waals surface area contributed by atoms with E-state index in [2.05, 4.69) is 17.5 Å². The van der Waals surface area contributed by atoms with Gasteiger partial charge in [-0.15, -0.1) is 0 Å². The van der Waals surface area contributed by atoms with Gasteiger partial charge in [0, 0.05) is 6.54 Å². The van der Waals surface area contributed by atoms with Crippen LogP contribution in [0.15, 0.2) is 23.9 Å². The van der Waals surface area contributed by atoms with Crippen molar-refractivity contribution in [1.29, 1.82) is 5.26 Å². The summed E-state index contributed by atoms with van der Waals surface area (Å²) in [5.41, 5.74) is 1.17. The van der Waals surface area contributed by atoms with Gasteiger partial charge in [0.25, 0.3) is 0 Å². The fraction of sp³-hybridized carbons (Fsp3) is 0.444. The van der Waals surface area contributed by atoms with Crippen LogP contribution < -0.4 is 5.32 Å². The maximum atomic E-state index is 8.87. The van der Waals surface area contributed by atoms with E-state index in [9.17, 15) is 0 Å². The van der Waals surface area contributed by atoms with Crippen LogP contribution in [0.5, 0.6) is 0 Å². The van der Waals surface area contributed by atoms with Crippen LogP contribution in [-0.4, -0.2) is 6.54 Å². The first-order valence-electron chi connectivity index (χ1n) is 3.88. The minimum absolute atomic E-state index is 0.0856. The van der Waals surface area contributed by atoms with Crippen LogP contribution in [0.4, 0.5) is 0 Å². The average molecular weight is 146 g/mol. The zero-order valence-corrected chi connectivity index (χ0v) is 6.30. The molecule has 1 N–H and O–H groups in total. The van der Waals surface area contributed by atoms with Crippen molar-refractivity contribution in [2.24, 2.45) is 5.41 Å². The lowest BCUT2D eigenvalue weighted by Crippen LogP contribution is -2.18. The lowest BCUT2D eigenvalue weighted by molar-refractivity contribution is 0.731. The molecule has 0 radical (unpaired) electrons. The van der Waals surface area contributed by atoms with Gasteiger partial charge in [0.1, 0.15) is 0 Å². The summed E-state index contributed by atoms with van der Waals surface area (Å²) in [6.45, 7) is 0.851. The van der Waals surface area contributed by atoms with Gasteiger partial charge in [0.15, 0.2) is 0 Å². The zero-order chi connectivity index (χ0) is 7.73. The Labute approximate surface area is 66.2 Å². The fourth-order valence-corrected chi connectivity index (χ4v) is 1.42. The number of nitriles is 1. The molecule has 0 spiro atoms. The Morgan fingerprint density at radius 3 is 2.82 bits per heavy atom. The lowest BCUT2D eigenvalue weighted by atomic mass is 9.96. The van der Waals surface area contributed by atoms with Crippen molar-refractivity contribution in [3.05, 3.63) is 23.9 Å². The van der Waals surface area contributed by atoms with E-state index in [1.807, 2.05) is 12.3 Å². The molecule has 0 aromatic heterocycles. The molecule has 1 saturated carbocycles. The summed E-state index contributed by atoms with van der Waals surface area (Å²) < 4.78 is 0. The Morgan fingerprint density at radius 1 is 1.55 bits per heavy atom. The van der Waals surface area contributed by atoms with E-state index in [0.29, 0.717) is 0 Å². The lowest BCUT2D eigenvalue weighted by Gasteiger charge is -2.14. The van der Waals surface area contributed by atoms with Crippen LogP contribution in [0.25, 0.3) is 0 Å². The number of hydrogen-bond acceptors (Lipinski definition) is 2. The van der Waals surface area contributed by atoms with Crippen molar-refractivity contribution in [3.63, 3.8) is 0 Å². The van der Waals surface area contributed by atoms with Crippen LogP contribution in [-0.2, 0) is 0 Å². The van der Waals surface area contributed by atoms with E-state index in [1.165, 1.54) is 5.57 Å². The van der Waals surface area contributed by atoms with Crippen molar-refractivity contribution < 1.29 is 0 Å². The van der Waals surface area contributed by atoms with E-state index >= 15 is 0 Å². The highest BCUT2D eigenvalue weighted by Crippen LogP contribution is 2.51. The van der Waals surface area contributed by atoms with Gasteiger partial charge in [-0.3, -0.25) is 0 Å². The Balaban J connectivity index is 2.22. The first-order chi connectivity index (χ1) is 5.37. The van der Waals surface area contributed by atoms with Crippen molar-refractivity contribution in [1.82, 2.24) is 5.32 Å². The Kier molecular flexibility index (Phi) is 1.25. The van der Waals surface area contributed by atoms with Crippen LogP contribution in [0, 0.1) is 16.7 Å². The van der Waals surface area contributed by atoms with Crippen molar-refractivity contribution in [2.45, 2.75) is 12.8 Å². The summed E-state index contributed by atoms with van der Waals surface area (Å²) in [4.78, 5) is 0. The average Bonchev–Trinajstić information content (AvgIpc) is 2.86. The van der Waals surface area contributed by atoms with Gasteiger partial charge >= 0.3 is 0 Å². The molecule has 0 amide bonds. The molecule has 0 aromatic rings. The Bertz CT molecular complexity index is 264. The molecule has 0 atom stereocenters. The molecule has 1 aliphatic carbocycles. The number of rotatable bonds is 1. The van der Waals surface area contributed by atoms with Gasteiger partial charge in [-0.25, -0.2) is 0 Å². The van der Waals surface area contributed by atoms with Crippen molar-refractivity contribution in [3.8, 4) is 6.07 Å². The number of hydrogen-bond donors (Lipinski definition) is 1. The minimum Gasteiger partial charge on any atom is -0.387 e. The maximum absolute atomic E-state index is 8.87. The van der Waals surface area contributed by atoms with Crippen LogP contribution in [0.2, 0.25) is 0 Å². The van der Waals surface area contributed by atoms with E-state index in [4.69, 9.17) is 5.26 Å². The second-order valence-corrected chi connectivity index (χ2v) is 3.13. The summed E-state index contributed by atoms with van der Waals surface area (Å²) in [6.07, 6.45) is 8.04. The van der Waals surface area contributed by atoms with Gasteiger partial charge < -0.3 is 5.32 Å². The molecule has 2 rings (SSSR count). The molecule has 1 heterocycles. The van der Waals surface area contributed by atoms with E-state index in [1.54, 1.807) is 0 Å². The third-order valence-corrected chi connectivity index (χ3v) is 2.38. The molecule has 2 aliphatic rings. The number of allylic oxidation sites excluding steroid dienone is 2. The summed E-state index contributed by atoms with van der Waals surface area (Å²) in [5, 5.41) is 12.0. The molecule has 2 heteroatoms. The summed E-state index contributed by atoms with van der Waals surface area (Å²) >= 11 is 0. The predicted molar refractivity (Wildman–Crippen MR) is 42.5 cm³/mol. The summed E-state index contributed by atoms with van der Waals surface area (Å²) in [7, 11) is 0. The molecule has 0 bridgehead atoms. The zero-order valence-electron chi connectivity index (χ0n) is 6.30. The third kappa shape index (κ3) is 0.932. The smallest absolute Gasteiger partial charge is 0.0804 e. The first-order valence-corrected chi connectivity index (χ1v) is 3.88. The van der Waals surface area contributed by atoms with E-state index in [0.717, 1.165) is 19.4 Å². The third-order valence-electron chi connectivity index (χ3n) is 2.38. The standard InChI is InChI=1S/C9H10N2/c10-7-9(3-4-9)8-2-1-5-11-6-8/h1-2,5,11H,3-4,6H2. The van der Waals surface area contributed by atoms with Crippen molar-refractivity contribution >= 4 is 0 Å². The van der Waals surface area contributed by atoms with Crippen LogP contribution in [0.3, 0.4) is 0 Å². The van der Waals surface area contributed by atoms with Gasteiger partial charge in [-0.1, -0.05) is 6.08 Å². The van der Waals surface area contributed by atoms with Crippen molar-refractivity contribution in [2.75, 3.05) is 6.54 Å².